The Hall–Kier alpha value is -1.95. The Kier molecular flexibility index (Phi) is 4.58. The van der Waals surface area contributed by atoms with Gasteiger partial charge in [0.25, 0.3) is 0 Å². The van der Waals surface area contributed by atoms with Crippen molar-refractivity contribution in [1.82, 2.24) is 0 Å². The number of carboxylic acids is 1. The standard InChI is InChI=1S/C17H12Cl2O4S/c1-8-5-14-10(7-13(8)22-2)15(16(24-14)17(20)21)23-9-3-4-11(18)12(19)6-9/h3-7H,1-2H3,(H,20,21). The Morgan fingerprint density at radius 2 is 1.92 bits per heavy atom. The summed E-state index contributed by atoms with van der Waals surface area (Å²) < 4.78 is 12.0. The molecule has 0 saturated heterocycles. The van der Waals surface area contributed by atoms with E-state index in [0.717, 1.165) is 21.6 Å². The van der Waals surface area contributed by atoms with Gasteiger partial charge in [0, 0.05) is 16.2 Å². The van der Waals surface area contributed by atoms with Crippen LogP contribution in [0.2, 0.25) is 10.0 Å². The Morgan fingerprint density at radius 3 is 2.54 bits per heavy atom. The van der Waals surface area contributed by atoms with Gasteiger partial charge in [-0.2, -0.15) is 0 Å². The fourth-order valence-electron chi connectivity index (χ4n) is 2.32. The summed E-state index contributed by atoms with van der Waals surface area (Å²) >= 11 is 13.1. The lowest BCUT2D eigenvalue weighted by Gasteiger charge is -2.09. The molecule has 0 saturated carbocycles. The Balaban J connectivity index is 2.18. The molecule has 0 fully saturated rings. The van der Waals surface area contributed by atoms with Crippen LogP contribution in [-0.2, 0) is 0 Å². The zero-order valence-corrected chi connectivity index (χ0v) is 15.1. The summed E-state index contributed by atoms with van der Waals surface area (Å²) in [5.41, 5.74) is 0.921. The number of hydrogen-bond acceptors (Lipinski definition) is 4. The van der Waals surface area contributed by atoms with Crippen molar-refractivity contribution >= 4 is 50.6 Å². The Morgan fingerprint density at radius 1 is 1.17 bits per heavy atom. The van der Waals surface area contributed by atoms with Crippen molar-refractivity contribution in [2.45, 2.75) is 6.92 Å². The van der Waals surface area contributed by atoms with Crippen LogP contribution in [0.4, 0.5) is 0 Å². The highest BCUT2D eigenvalue weighted by molar-refractivity contribution is 7.21. The second-order valence-electron chi connectivity index (χ2n) is 5.06. The second-order valence-corrected chi connectivity index (χ2v) is 6.93. The van der Waals surface area contributed by atoms with E-state index in [1.807, 2.05) is 13.0 Å². The molecule has 0 aliphatic rings. The fourth-order valence-corrected chi connectivity index (χ4v) is 3.66. The third-order valence-corrected chi connectivity index (χ3v) is 5.33. The van der Waals surface area contributed by atoms with Crippen molar-refractivity contribution < 1.29 is 19.4 Å². The number of methoxy groups -OCH3 is 1. The lowest BCUT2D eigenvalue weighted by molar-refractivity contribution is 0.0700. The summed E-state index contributed by atoms with van der Waals surface area (Å²) in [5, 5.41) is 10.9. The van der Waals surface area contributed by atoms with Gasteiger partial charge in [0.1, 0.15) is 11.5 Å². The number of rotatable bonds is 4. The largest absolute Gasteiger partial charge is 0.496 e. The fraction of sp³-hybridized carbons (Fsp3) is 0.118. The highest BCUT2D eigenvalue weighted by Crippen LogP contribution is 2.43. The van der Waals surface area contributed by atoms with Crippen LogP contribution in [0, 0.1) is 6.92 Å². The van der Waals surface area contributed by atoms with Gasteiger partial charge in [-0.1, -0.05) is 23.2 Å². The molecule has 0 aliphatic carbocycles. The summed E-state index contributed by atoms with van der Waals surface area (Å²) in [6.07, 6.45) is 0. The van der Waals surface area contributed by atoms with Crippen molar-refractivity contribution in [3.63, 3.8) is 0 Å². The molecule has 1 aromatic heterocycles. The first-order chi connectivity index (χ1) is 11.4. The van der Waals surface area contributed by atoms with Crippen LogP contribution in [0.15, 0.2) is 30.3 Å². The molecule has 0 spiro atoms. The number of hydrogen-bond donors (Lipinski definition) is 1. The number of fused-ring (bicyclic) bond motifs is 1. The summed E-state index contributed by atoms with van der Waals surface area (Å²) in [7, 11) is 1.57. The summed E-state index contributed by atoms with van der Waals surface area (Å²) in [4.78, 5) is 11.7. The summed E-state index contributed by atoms with van der Waals surface area (Å²) in [6, 6.07) is 8.44. The number of carboxylic acid groups (broad SMARTS) is 1. The second kappa shape index (κ2) is 6.51. The molecule has 0 atom stereocenters. The smallest absolute Gasteiger partial charge is 0.349 e. The first-order valence-electron chi connectivity index (χ1n) is 6.88. The van der Waals surface area contributed by atoms with Crippen LogP contribution >= 0.6 is 34.5 Å². The van der Waals surface area contributed by atoms with Crippen molar-refractivity contribution in [1.29, 1.82) is 0 Å². The van der Waals surface area contributed by atoms with Crippen molar-refractivity contribution in [3.8, 4) is 17.2 Å². The van der Waals surface area contributed by atoms with Gasteiger partial charge in [-0.3, -0.25) is 0 Å². The van der Waals surface area contributed by atoms with Crippen LogP contribution in [-0.4, -0.2) is 18.2 Å². The van der Waals surface area contributed by atoms with Crippen LogP contribution < -0.4 is 9.47 Å². The molecule has 0 bridgehead atoms. The number of aromatic carboxylic acids is 1. The van der Waals surface area contributed by atoms with Crippen LogP contribution in [0.1, 0.15) is 15.2 Å². The number of benzene rings is 2. The van der Waals surface area contributed by atoms with Crippen molar-refractivity contribution in [2.75, 3.05) is 7.11 Å². The van der Waals surface area contributed by atoms with E-state index in [-0.39, 0.29) is 10.6 Å². The highest BCUT2D eigenvalue weighted by atomic mass is 35.5. The van der Waals surface area contributed by atoms with E-state index >= 15 is 0 Å². The monoisotopic (exact) mass is 382 g/mol. The number of thiophene rings is 1. The van der Waals surface area contributed by atoms with Crippen molar-refractivity contribution in [3.05, 3.63) is 50.8 Å². The van der Waals surface area contributed by atoms with E-state index in [1.54, 1.807) is 31.4 Å². The zero-order chi connectivity index (χ0) is 17.4. The van der Waals surface area contributed by atoms with E-state index in [1.165, 1.54) is 0 Å². The van der Waals surface area contributed by atoms with Crippen LogP contribution in [0.25, 0.3) is 10.1 Å². The van der Waals surface area contributed by atoms with Gasteiger partial charge in [0.2, 0.25) is 0 Å². The molecule has 2 aromatic carbocycles. The molecule has 1 N–H and O–H groups in total. The summed E-state index contributed by atoms with van der Waals surface area (Å²) in [5.74, 6) is 0.282. The average molecular weight is 383 g/mol. The van der Waals surface area contributed by atoms with Gasteiger partial charge in [0.05, 0.1) is 17.2 Å². The molecular formula is C17H12Cl2O4S. The van der Waals surface area contributed by atoms with E-state index in [0.29, 0.717) is 26.9 Å². The van der Waals surface area contributed by atoms with Gasteiger partial charge in [0.15, 0.2) is 10.6 Å². The van der Waals surface area contributed by atoms with Gasteiger partial charge in [-0.05, 0) is 36.8 Å². The predicted molar refractivity (Wildman–Crippen MR) is 96.6 cm³/mol. The lowest BCUT2D eigenvalue weighted by atomic mass is 10.1. The number of carbonyl (C=O) groups is 1. The van der Waals surface area contributed by atoms with E-state index in [4.69, 9.17) is 32.7 Å². The quantitative estimate of drug-likeness (QED) is 0.599. The van der Waals surface area contributed by atoms with Crippen molar-refractivity contribution in [2.24, 2.45) is 0 Å². The Labute approximate surface area is 152 Å². The SMILES string of the molecule is COc1cc2c(Oc3ccc(Cl)c(Cl)c3)c(C(=O)O)sc2cc1C. The molecule has 0 aliphatic heterocycles. The van der Waals surface area contributed by atoms with E-state index in [9.17, 15) is 9.90 Å². The predicted octanol–water partition coefficient (Wildman–Crippen LogP) is 6.02. The molecule has 3 aromatic rings. The minimum absolute atomic E-state index is 0.115. The molecule has 124 valence electrons. The molecule has 3 rings (SSSR count). The zero-order valence-electron chi connectivity index (χ0n) is 12.7. The molecule has 4 nitrogen and oxygen atoms in total. The topological polar surface area (TPSA) is 55.8 Å². The Bertz CT molecular complexity index is 949. The molecule has 7 heteroatoms. The maximum Gasteiger partial charge on any atom is 0.349 e. The highest BCUT2D eigenvalue weighted by Gasteiger charge is 2.21. The number of halogens is 2. The number of aryl methyl sites for hydroxylation is 1. The van der Waals surface area contributed by atoms with E-state index < -0.39 is 5.97 Å². The van der Waals surface area contributed by atoms with Gasteiger partial charge in [-0.15, -0.1) is 11.3 Å². The normalized spacial score (nSPS) is 10.8. The van der Waals surface area contributed by atoms with Crippen LogP contribution in [0.5, 0.6) is 17.2 Å². The van der Waals surface area contributed by atoms with E-state index in [2.05, 4.69) is 0 Å². The third kappa shape index (κ3) is 3.02. The minimum atomic E-state index is -1.05. The molecule has 0 amide bonds. The van der Waals surface area contributed by atoms with Gasteiger partial charge >= 0.3 is 5.97 Å². The number of ether oxygens (including phenoxy) is 2. The first-order valence-corrected chi connectivity index (χ1v) is 8.45. The molecule has 0 radical (unpaired) electrons. The summed E-state index contributed by atoms with van der Waals surface area (Å²) in [6.45, 7) is 1.90. The third-order valence-electron chi connectivity index (χ3n) is 3.47. The molecular weight excluding hydrogens is 371 g/mol. The van der Waals surface area contributed by atoms with Crippen LogP contribution in [0.3, 0.4) is 0 Å². The first kappa shape index (κ1) is 16.9. The molecule has 24 heavy (non-hydrogen) atoms. The minimum Gasteiger partial charge on any atom is -0.496 e. The molecule has 0 unspecified atom stereocenters. The van der Waals surface area contributed by atoms with Gasteiger partial charge < -0.3 is 14.6 Å². The molecule has 1 heterocycles. The lowest BCUT2D eigenvalue weighted by Crippen LogP contribution is -1.96. The maximum atomic E-state index is 11.6. The van der Waals surface area contributed by atoms with Gasteiger partial charge in [-0.25, -0.2) is 4.79 Å². The maximum absolute atomic E-state index is 11.6. The average Bonchev–Trinajstić information content (AvgIpc) is 2.88.